The number of nitrogens with two attached hydrogens (primary N) is 1. The van der Waals surface area contributed by atoms with Gasteiger partial charge in [0.1, 0.15) is 0 Å². The van der Waals surface area contributed by atoms with Crippen molar-refractivity contribution in [1.82, 2.24) is 4.98 Å². The molecule has 0 spiro atoms. The van der Waals surface area contributed by atoms with E-state index in [0.29, 0.717) is 23.4 Å². The number of benzene rings is 1. The van der Waals surface area contributed by atoms with Crippen LogP contribution < -0.4 is 15.9 Å². The molecule has 0 fully saturated rings. The van der Waals surface area contributed by atoms with E-state index in [4.69, 9.17) is 10.4 Å². The molecule has 0 unspecified atom stereocenters. The molecule has 0 atom stereocenters. The van der Waals surface area contributed by atoms with Crippen LogP contribution in [0, 0.1) is 0 Å². The maximum atomic E-state index is 12.2. The van der Waals surface area contributed by atoms with E-state index < -0.39 is 17.1 Å². The van der Waals surface area contributed by atoms with Gasteiger partial charge in [-0.15, -0.1) is 0 Å². The Morgan fingerprint density at radius 3 is 2.86 bits per heavy atom. The van der Waals surface area contributed by atoms with Crippen LogP contribution in [0.5, 0.6) is 0 Å². The first-order chi connectivity index (χ1) is 9.95. The first-order valence-electron chi connectivity index (χ1n) is 6.12. The fourth-order valence-electron chi connectivity index (χ4n) is 2.04. The molecule has 0 aliphatic carbocycles. The van der Waals surface area contributed by atoms with Crippen molar-refractivity contribution < 1.29 is 18.1 Å². The Labute approximate surface area is 122 Å². The number of aromatic nitrogens is 1. The van der Waals surface area contributed by atoms with Crippen molar-refractivity contribution in [1.29, 1.82) is 0 Å². The van der Waals surface area contributed by atoms with Gasteiger partial charge in [0.15, 0.2) is 5.03 Å². The van der Waals surface area contributed by atoms with Gasteiger partial charge in [0, 0.05) is 5.69 Å². The first-order valence-corrected chi connectivity index (χ1v) is 7.61. The van der Waals surface area contributed by atoms with Crippen molar-refractivity contribution >= 4 is 34.0 Å². The highest BCUT2D eigenvalue weighted by Crippen LogP contribution is 2.18. The lowest BCUT2D eigenvalue weighted by Crippen LogP contribution is -2.28. The number of nitrogens with zero attached hydrogens (tertiary/aromatic N) is 1. The van der Waals surface area contributed by atoms with Gasteiger partial charge in [0.2, 0.25) is 0 Å². The zero-order valence-electron chi connectivity index (χ0n) is 10.9. The van der Waals surface area contributed by atoms with Crippen molar-refractivity contribution in [2.24, 2.45) is 0 Å². The van der Waals surface area contributed by atoms with E-state index in [-0.39, 0.29) is 5.03 Å². The van der Waals surface area contributed by atoms with Crippen LogP contribution in [0.2, 0.25) is 0 Å². The molecule has 108 valence electrons. The smallest absolute Gasteiger partial charge is 0.423 e. The van der Waals surface area contributed by atoms with Gasteiger partial charge in [-0.2, -0.15) is 8.42 Å². The summed E-state index contributed by atoms with van der Waals surface area (Å²) in [5.41, 5.74) is 7.58. The monoisotopic (exact) mass is 305 g/mol. The van der Waals surface area contributed by atoms with Gasteiger partial charge in [0.05, 0.1) is 18.5 Å². The summed E-state index contributed by atoms with van der Waals surface area (Å²) in [6, 6.07) is 7.64. The number of nitrogens with one attached hydrogen (secondary N) is 1. The summed E-state index contributed by atoms with van der Waals surface area (Å²) in [6.45, 7) is 0.309. The highest BCUT2D eigenvalue weighted by atomic mass is 32.2. The van der Waals surface area contributed by atoms with Gasteiger partial charge >= 0.3 is 7.12 Å². The van der Waals surface area contributed by atoms with Gasteiger partial charge in [-0.3, -0.25) is 4.72 Å². The van der Waals surface area contributed by atoms with Crippen LogP contribution in [0.15, 0.2) is 41.6 Å². The summed E-state index contributed by atoms with van der Waals surface area (Å²) in [5, 5.41) is 9.50. The standard InChI is InChI=1S/C12H12BN3O4S/c14-9-2-4-12(15-6-9)21(18,19)16-10-3-1-8-7-20-13(17)11(8)5-10/h1-6,16-17H,7,14H2. The van der Waals surface area contributed by atoms with Gasteiger partial charge in [-0.05, 0) is 35.3 Å². The van der Waals surface area contributed by atoms with Crippen LogP contribution in [-0.2, 0) is 21.3 Å². The van der Waals surface area contributed by atoms with E-state index in [1.165, 1.54) is 18.3 Å². The molecule has 0 saturated carbocycles. The van der Waals surface area contributed by atoms with Crippen molar-refractivity contribution in [3.05, 3.63) is 42.1 Å². The maximum absolute atomic E-state index is 12.2. The lowest BCUT2D eigenvalue weighted by Gasteiger charge is -2.09. The fraction of sp³-hybridized carbons (Fsp3) is 0.0833. The summed E-state index contributed by atoms with van der Waals surface area (Å²) < 4.78 is 31.8. The van der Waals surface area contributed by atoms with Crippen molar-refractivity contribution in [2.75, 3.05) is 10.5 Å². The molecule has 0 bridgehead atoms. The van der Waals surface area contributed by atoms with E-state index >= 15 is 0 Å². The SMILES string of the molecule is Nc1ccc(S(=O)(=O)Nc2ccc3c(c2)B(O)OC3)nc1. The number of hydrogen-bond acceptors (Lipinski definition) is 6. The van der Waals surface area contributed by atoms with E-state index in [0.717, 1.165) is 5.56 Å². The normalized spacial score (nSPS) is 14.0. The van der Waals surface area contributed by atoms with E-state index in [1.807, 2.05) is 0 Å². The molecule has 0 amide bonds. The first kappa shape index (κ1) is 13.9. The molecule has 2 aromatic rings. The summed E-state index contributed by atoms with van der Waals surface area (Å²) >= 11 is 0. The Morgan fingerprint density at radius 2 is 2.14 bits per heavy atom. The van der Waals surface area contributed by atoms with Gasteiger partial charge in [0.25, 0.3) is 10.0 Å². The average molecular weight is 305 g/mol. The molecular formula is C12H12BN3O4S. The summed E-state index contributed by atoms with van der Waals surface area (Å²) in [7, 11) is -4.83. The summed E-state index contributed by atoms with van der Waals surface area (Å²) in [4.78, 5) is 3.78. The van der Waals surface area contributed by atoms with Crippen LogP contribution in [-0.4, -0.2) is 25.5 Å². The molecule has 2 heterocycles. The van der Waals surface area contributed by atoms with E-state index in [9.17, 15) is 13.4 Å². The Hall–Kier alpha value is -2.10. The van der Waals surface area contributed by atoms with Crippen LogP contribution in [0.3, 0.4) is 0 Å². The van der Waals surface area contributed by atoms with Gasteiger partial charge in [-0.1, -0.05) is 6.07 Å². The number of rotatable bonds is 3. The highest BCUT2D eigenvalue weighted by molar-refractivity contribution is 7.92. The molecular weight excluding hydrogens is 293 g/mol. The Balaban J connectivity index is 1.89. The number of fused-ring (bicyclic) bond motifs is 1. The lowest BCUT2D eigenvalue weighted by molar-refractivity contribution is 0.275. The molecule has 1 aromatic heterocycles. The third-order valence-electron chi connectivity index (χ3n) is 3.10. The molecule has 1 aliphatic heterocycles. The lowest BCUT2D eigenvalue weighted by atomic mass is 9.79. The molecule has 0 saturated heterocycles. The van der Waals surface area contributed by atoms with E-state index in [2.05, 4.69) is 9.71 Å². The molecule has 0 radical (unpaired) electrons. The van der Waals surface area contributed by atoms with Crippen LogP contribution in [0.1, 0.15) is 5.56 Å². The Kier molecular flexibility index (Phi) is 3.32. The van der Waals surface area contributed by atoms with Gasteiger partial charge < -0.3 is 15.4 Å². The number of hydrogen-bond donors (Lipinski definition) is 3. The third-order valence-corrected chi connectivity index (χ3v) is 4.39. The zero-order valence-corrected chi connectivity index (χ0v) is 11.7. The largest absolute Gasteiger partial charge is 0.491 e. The number of nitrogen functional groups attached to an aromatic ring is 1. The minimum atomic E-state index is -3.80. The molecule has 21 heavy (non-hydrogen) atoms. The second-order valence-electron chi connectivity index (χ2n) is 4.61. The molecule has 4 N–H and O–H groups in total. The Bertz CT molecular complexity index is 780. The minimum Gasteiger partial charge on any atom is -0.423 e. The van der Waals surface area contributed by atoms with Gasteiger partial charge in [-0.25, -0.2) is 4.98 Å². The van der Waals surface area contributed by atoms with Crippen LogP contribution in [0.25, 0.3) is 0 Å². The number of sulfonamides is 1. The fourth-order valence-corrected chi connectivity index (χ4v) is 3.02. The Morgan fingerprint density at radius 1 is 1.33 bits per heavy atom. The topological polar surface area (TPSA) is 115 Å². The second-order valence-corrected chi connectivity index (χ2v) is 6.24. The predicted octanol–water partition coefficient (Wildman–Crippen LogP) is -0.318. The minimum absolute atomic E-state index is 0.131. The van der Waals surface area contributed by atoms with Crippen molar-refractivity contribution in [3.63, 3.8) is 0 Å². The highest BCUT2D eigenvalue weighted by Gasteiger charge is 2.28. The van der Waals surface area contributed by atoms with Crippen LogP contribution in [0.4, 0.5) is 11.4 Å². The molecule has 7 nitrogen and oxygen atoms in total. The molecule has 1 aliphatic rings. The average Bonchev–Trinajstić information content (AvgIpc) is 2.80. The maximum Gasteiger partial charge on any atom is 0.491 e. The quantitative estimate of drug-likeness (QED) is 0.670. The number of pyridine rings is 1. The molecule has 9 heteroatoms. The number of anilines is 2. The molecule has 1 aromatic carbocycles. The van der Waals surface area contributed by atoms with Crippen molar-refractivity contribution in [2.45, 2.75) is 11.6 Å². The summed E-state index contributed by atoms with van der Waals surface area (Å²) in [5.74, 6) is 0. The molecule has 3 rings (SSSR count). The van der Waals surface area contributed by atoms with Crippen LogP contribution >= 0.6 is 0 Å². The third kappa shape index (κ3) is 2.71. The second kappa shape index (κ2) is 5.03. The zero-order chi connectivity index (χ0) is 15.0. The summed E-state index contributed by atoms with van der Waals surface area (Å²) in [6.07, 6.45) is 1.27. The van der Waals surface area contributed by atoms with Crippen molar-refractivity contribution in [3.8, 4) is 0 Å². The van der Waals surface area contributed by atoms with E-state index in [1.54, 1.807) is 18.2 Å². The predicted molar refractivity (Wildman–Crippen MR) is 78.3 cm³/mol.